The van der Waals surface area contributed by atoms with E-state index in [4.69, 9.17) is 16.2 Å². The van der Waals surface area contributed by atoms with Gasteiger partial charge in [-0.2, -0.15) is 10.1 Å². The quantitative estimate of drug-likeness (QED) is 0.470. The van der Waals surface area contributed by atoms with Gasteiger partial charge in [0.15, 0.2) is 11.4 Å². The van der Waals surface area contributed by atoms with Crippen LogP contribution in [0.5, 0.6) is 17.4 Å². The number of aromatic hydroxyl groups is 1. The molecule has 1 amide bonds. The maximum atomic E-state index is 12.4. The van der Waals surface area contributed by atoms with Gasteiger partial charge in [0.1, 0.15) is 17.4 Å². The lowest BCUT2D eigenvalue weighted by atomic mass is 10.1. The minimum atomic E-state index is -0.741. The number of primary amides is 1. The second-order valence-corrected chi connectivity index (χ2v) is 7.06. The molecule has 4 rings (SSSR count). The lowest BCUT2D eigenvalue weighted by molar-refractivity contribution is 0.100. The van der Waals surface area contributed by atoms with Crippen LogP contribution >= 0.6 is 0 Å². The van der Waals surface area contributed by atoms with Gasteiger partial charge in [-0.1, -0.05) is 6.07 Å². The molecule has 5 N–H and O–H groups in total. The minimum Gasteiger partial charge on any atom is -0.508 e. The average Bonchev–Trinajstić information content (AvgIpc) is 3.20. The highest BCUT2D eigenvalue weighted by atomic mass is 16.5. The van der Waals surface area contributed by atoms with Crippen LogP contribution < -0.4 is 16.2 Å². The van der Waals surface area contributed by atoms with Crippen molar-refractivity contribution in [2.45, 2.75) is 20.8 Å². The lowest BCUT2D eigenvalue weighted by Gasteiger charge is -2.15. The van der Waals surface area contributed by atoms with Gasteiger partial charge >= 0.3 is 0 Å². The van der Waals surface area contributed by atoms with Crippen molar-refractivity contribution >= 4 is 22.8 Å². The average molecular weight is 407 g/mol. The molecule has 0 aliphatic rings. The minimum absolute atomic E-state index is 0.0473. The van der Waals surface area contributed by atoms with Gasteiger partial charge in [-0.15, -0.1) is 0 Å². The van der Waals surface area contributed by atoms with Crippen molar-refractivity contribution in [2.75, 3.05) is 5.73 Å². The number of amides is 1. The molecule has 0 fully saturated rings. The number of phenols is 1. The summed E-state index contributed by atoms with van der Waals surface area (Å²) in [6.45, 7) is 5.33. The van der Waals surface area contributed by atoms with Gasteiger partial charge in [-0.25, -0.2) is 4.98 Å². The molecule has 1 aromatic carbocycles. The molecule has 0 spiro atoms. The number of nitrogen functional groups attached to an aromatic ring is 1. The Morgan fingerprint density at radius 2 is 1.93 bits per heavy atom. The number of hydrogen-bond acceptors (Lipinski definition) is 7. The first-order chi connectivity index (χ1) is 14.2. The predicted octanol–water partition coefficient (Wildman–Crippen LogP) is 2.26. The first-order valence-corrected chi connectivity index (χ1v) is 9.13. The summed E-state index contributed by atoms with van der Waals surface area (Å²) in [7, 11) is 1.75. The molecule has 10 nitrogen and oxygen atoms in total. The summed E-state index contributed by atoms with van der Waals surface area (Å²) in [4.78, 5) is 21.2. The van der Waals surface area contributed by atoms with E-state index in [1.807, 2.05) is 6.92 Å². The van der Waals surface area contributed by atoms with E-state index in [2.05, 4.69) is 15.1 Å². The second kappa shape index (κ2) is 6.76. The number of hydrogen-bond donors (Lipinski definition) is 3. The molecule has 4 aromatic rings. The van der Waals surface area contributed by atoms with E-state index in [-0.39, 0.29) is 28.4 Å². The van der Waals surface area contributed by atoms with Crippen molar-refractivity contribution in [3.63, 3.8) is 0 Å². The fraction of sp³-hybridized carbons (Fsp3) is 0.200. The Kier molecular flexibility index (Phi) is 4.34. The summed E-state index contributed by atoms with van der Waals surface area (Å²) < 4.78 is 9.09. The molecule has 0 bridgehead atoms. The summed E-state index contributed by atoms with van der Waals surface area (Å²) in [6.07, 6.45) is 3.19. The Balaban J connectivity index is 2.10. The number of rotatable bonds is 4. The summed E-state index contributed by atoms with van der Waals surface area (Å²) in [5, 5.41) is 14.6. The predicted molar refractivity (Wildman–Crippen MR) is 111 cm³/mol. The van der Waals surface area contributed by atoms with Crippen molar-refractivity contribution in [3.8, 4) is 23.1 Å². The maximum absolute atomic E-state index is 12.4. The molecule has 0 radical (unpaired) electrons. The number of carbonyl (C=O) groups is 1. The standard InChI is InChI=1S/C20H21N7O3/c1-9-5-6-13(28)10(2)16(9)27-17(21)14(18(22)29)15-19(27)24-11(3)25-20(15)30-12-7-23-26(4)8-12/h5-8,28H,21H2,1-4H3,(H2,22,29). The molecule has 0 saturated carbocycles. The topological polar surface area (TPSA) is 147 Å². The Bertz CT molecular complexity index is 1320. The van der Waals surface area contributed by atoms with Crippen molar-refractivity contribution in [2.24, 2.45) is 12.8 Å². The monoisotopic (exact) mass is 407 g/mol. The molecule has 3 heterocycles. The molecule has 30 heavy (non-hydrogen) atoms. The van der Waals surface area contributed by atoms with Crippen LogP contribution in [0.4, 0.5) is 5.82 Å². The third kappa shape index (κ3) is 2.89. The number of nitrogens with zero attached hydrogens (tertiary/aromatic N) is 5. The summed E-state index contributed by atoms with van der Waals surface area (Å²) in [6, 6.07) is 3.36. The van der Waals surface area contributed by atoms with Crippen LogP contribution in [0.1, 0.15) is 27.3 Å². The third-order valence-corrected chi connectivity index (χ3v) is 4.90. The summed E-state index contributed by atoms with van der Waals surface area (Å²) in [5.74, 6) is 0.422. The molecule has 10 heteroatoms. The van der Waals surface area contributed by atoms with Gasteiger partial charge in [-0.3, -0.25) is 14.0 Å². The highest BCUT2D eigenvalue weighted by Gasteiger charge is 2.28. The summed E-state index contributed by atoms with van der Waals surface area (Å²) >= 11 is 0. The van der Waals surface area contributed by atoms with Gasteiger partial charge in [0, 0.05) is 12.6 Å². The van der Waals surface area contributed by atoms with E-state index in [0.29, 0.717) is 28.5 Å². The molecule has 0 unspecified atom stereocenters. The Labute approximate surface area is 171 Å². The molecule has 3 aromatic heterocycles. The first kappa shape index (κ1) is 19.2. The van der Waals surface area contributed by atoms with Gasteiger partial charge in [0.05, 0.1) is 29.0 Å². The smallest absolute Gasteiger partial charge is 0.253 e. The number of nitrogens with two attached hydrogens (primary N) is 2. The van der Waals surface area contributed by atoms with E-state index < -0.39 is 5.91 Å². The molecule has 0 aliphatic carbocycles. The number of aryl methyl sites for hydroxylation is 3. The van der Waals surface area contributed by atoms with Crippen molar-refractivity contribution in [1.82, 2.24) is 24.3 Å². The number of fused-ring (bicyclic) bond motifs is 1. The summed E-state index contributed by atoms with van der Waals surface area (Å²) in [5.41, 5.74) is 14.5. The third-order valence-electron chi connectivity index (χ3n) is 4.90. The van der Waals surface area contributed by atoms with Gasteiger partial charge < -0.3 is 21.3 Å². The van der Waals surface area contributed by atoms with Gasteiger partial charge in [0.25, 0.3) is 5.91 Å². The number of ether oxygens (including phenoxy) is 1. The second-order valence-electron chi connectivity index (χ2n) is 7.06. The molecular formula is C20H21N7O3. The first-order valence-electron chi connectivity index (χ1n) is 9.13. The molecule has 154 valence electrons. The van der Waals surface area contributed by atoms with Crippen LogP contribution in [0, 0.1) is 20.8 Å². The molecule has 0 saturated heterocycles. The number of benzene rings is 1. The SMILES string of the molecule is Cc1nc(Oc2cnn(C)c2)c2c(C(N)=O)c(N)n(-c3c(C)ccc(O)c3C)c2n1. The zero-order valence-electron chi connectivity index (χ0n) is 17.0. The van der Waals surface area contributed by atoms with Crippen LogP contribution in [-0.4, -0.2) is 35.3 Å². The molecule has 0 aliphatic heterocycles. The Hall–Kier alpha value is -4.08. The van der Waals surface area contributed by atoms with Crippen LogP contribution in [0.2, 0.25) is 0 Å². The van der Waals surface area contributed by atoms with E-state index in [1.165, 1.54) is 6.20 Å². The zero-order valence-corrected chi connectivity index (χ0v) is 17.0. The maximum Gasteiger partial charge on any atom is 0.253 e. The molecule has 0 atom stereocenters. The van der Waals surface area contributed by atoms with Crippen molar-refractivity contribution in [3.05, 3.63) is 47.0 Å². The van der Waals surface area contributed by atoms with Crippen LogP contribution in [0.15, 0.2) is 24.5 Å². The fourth-order valence-electron chi connectivity index (χ4n) is 3.55. The van der Waals surface area contributed by atoms with Gasteiger partial charge in [0.2, 0.25) is 5.88 Å². The largest absolute Gasteiger partial charge is 0.508 e. The normalized spacial score (nSPS) is 11.2. The number of carbonyl (C=O) groups excluding carboxylic acids is 1. The van der Waals surface area contributed by atoms with Crippen molar-refractivity contribution in [1.29, 1.82) is 0 Å². The van der Waals surface area contributed by atoms with Crippen molar-refractivity contribution < 1.29 is 14.6 Å². The zero-order chi connectivity index (χ0) is 21.7. The highest BCUT2D eigenvalue weighted by molar-refractivity contribution is 6.12. The number of phenolic OH excluding ortho intramolecular Hbond substituents is 1. The lowest BCUT2D eigenvalue weighted by Crippen LogP contribution is -2.14. The van der Waals surface area contributed by atoms with E-state index in [0.717, 1.165) is 5.56 Å². The number of anilines is 1. The van der Waals surface area contributed by atoms with Crippen LogP contribution in [0.3, 0.4) is 0 Å². The van der Waals surface area contributed by atoms with E-state index in [1.54, 1.807) is 48.5 Å². The van der Waals surface area contributed by atoms with Crippen LogP contribution in [0.25, 0.3) is 16.7 Å². The van der Waals surface area contributed by atoms with E-state index >= 15 is 0 Å². The van der Waals surface area contributed by atoms with E-state index in [9.17, 15) is 9.90 Å². The number of aromatic nitrogens is 5. The Morgan fingerprint density at radius 3 is 2.57 bits per heavy atom. The fourth-order valence-corrected chi connectivity index (χ4v) is 3.55. The van der Waals surface area contributed by atoms with Gasteiger partial charge in [-0.05, 0) is 32.4 Å². The Morgan fingerprint density at radius 1 is 1.20 bits per heavy atom. The van der Waals surface area contributed by atoms with Crippen LogP contribution in [-0.2, 0) is 7.05 Å². The molecular weight excluding hydrogens is 386 g/mol. The highest BCUT2D eigenvalue weighted by Crippen LogP contribution is 2.39.